The van der Waals surface area contributed by atoms with Crippen molar-refractivity contribution in [3.05, 3.63) is 89.5 Å². The van der Waals surface area contributed by atoms with Gasteiger partial charge in [-0.2, -0.15) is 0 Å². The van der Waals surface area contributed by atoms with E-state index in [0.29, 0.717) is 24.2 Å². The van der Waals surface area contributed by atoms with E-state index >= 15 is 0 Å². The Balaban J connectivity index is 1.75. The van der Waals surface area contributed by atoms with E-state index in [1.54, 1.807) is 18.3 Å². The summed E-state index contributed by atoms with van der Waals surface area (Å²) < 4.78 is 11.3. The summed E-state index contributed by atoms with van der Waals surface area (Å²) in [6.45, 7) is 1.53. The lowest BCUT2D eigenvalue weighted by atomic mass is 9.80. The van der Waals surface area contributed by atoms with Gasteiger partial charge in [0.25, 0.3) is 0 Å². The third-order valence-corrected chi connectivity index (χ3v) is 6.21. The summed E-state index contributed by atoms with van der Waals surface area (Å²) in [5, 5.41) is 3.49. The van der Waals surface area contributed by atoms with Gasteiger partial charge in [-0.15, -0.1) is 0 Å². The fourth-order valence-electron chi connectivity index (χ4n) is 4.85. The molecule has 1 aliphatic carbocycles. The van der Waals surface area contributed by atoms with E-state index in [-0.39, 0.29) is 17.6 Å². The normalized spacial score (nSPS) is 20.2. The number of Topliss-reactive ketones (excluding diaryl/α,β-unsaturated/α-hetero) is 1. The van der Waals surface area contributed by atoms with Gasteiger partial charge in [0.1, 0.15) is 11.5 Å². The molecular formula is C26H24N2O4. The van der Waals surface area contributed by atoms with Gasteiger partial charge in [0, 0.05) is 36.1 Å². The molecule has 1 amide bonds. The average molecular weight is 428 g/mol. The molecule has 6 nitrogen and oxygen atoms in total. The average Bonchev–Trinajstić information content (AvgIpc) is 3.28. The van der Waals surface area contributed by atoms with Crippen LogP contribution in [0.4, 0.5) is 11.4 Å². The number of nitrogens with zero attached hydrogens (tertiary/aromatic N) is 1. The minimum absolute atomic E-state index is 0.00453. The number of ether oxygens (including phenoxy) is 1. The number of nitrogens with one attached hydrogen (secondary N) is 1. The first-order valence-corrected chi connectivity index (χ1v) is 10.7. The fourth-order valence-corrected chi connectivity index (χ4v) is 4.85. The smallest absolute Gasteiger partial charge is 0.224 e. The van der Waals surface area contributed by atoms with Crippen LogP contribution in [-0.4, -0.2) is 18.8 Å². The summed E-state index contributed by atoms with van der Waals surface area (Å²) in [4.78, 5) is 28.4. The topological polar surface area (TPSA) is 71.8 Å². The van der Waals surface area contributed by atoms with E-state index in [1.807, 2.05) is 60.7 Å². The summed E-state index contributed by atoms with van der Waals surface area (Å²) in [5.41, 5.74) is 3.72. The van der Waals surface area contributed by atoms with Gasteiger partial charge < -0.3 is 14.5 Å². The number of hydrogen-bond acceptors (Lipinski definition) is 5. The third kappa shape index (κ3) is 3.28. The number of carbonyl (C=O) groups is 2. The van der Waals surface area contributed by atoms with Crippen molar-refractivity contribution in [3.8, 4) is 5.75 Å². The minimum Gasteiger partial charge on any atom is -0.496 e. The van der Waals surface area contributed by atoms with Crippen LogP contribution in [0, 0.1) is 0 Å². The highest BCUT2D eigenvalue weighted by atomic mass is 16.5. The maximum atomic E-state index is 13.7. The highest BCUT2D eigenvalue weighted by molar-refractivity contribution is 6.06. The van der Waals surface area contributed by atoms with Crippen molar-refractivity contribution < 1.29 is 18.7 Å². The summed E-state index contributed by atoms with van der Waals surface area (Å²) in [6, 6.07) is 18.4. The molecule has 5 rings (SSSR count). The Hall–Kier alpha value is -3.80. The zero-order chi connectivity index (χ0) is 22.2. The van der Waals surface area contributed by atoms with Crippen LogP contribution >= 0.6 is 0 Å². The van der Waals surface area contributed by atoms with Gasteiger partial charge in [0.15, 0.2) is 5.78 Å². The second kappa shape index (κ2) is 8.04. The Bertz CT molecular complexity index is 1210. The maximum absolute atomic E-state index is 13.7. The van der Waals surface area contributed by atoms with Gasteiger partial charge >= 0.3 is 0 Å². The molecule has 2 heterocycles. The van der Waals surface area contributed by atoms with Crippen LogP contribution in [0.3, 0.4) is 0 Å². The van der Waals surface area contributed by atoms with Crippen molar-refractivity contribution >= 4 is 23.1 Å². The Labute approximate surface area is 186 Å². The standard InChI is InChI=1S/C26H24N2O4/c1-16(29)28-21-10-5-4-9-19(21)27-20-14-17(23-12-7-13-32-23)15-22(30)25(20)26(28)18-8-3-6-11-24(18)31-2/h3-13,17,26-27H,14-15H2,1-2H3/t17-,26-/m0/s1. The summed E-state index contributed by atoms with van der Waals surface area (Å²) in [7, 11) is 1.60. The lowest BCUT2D eigenvalue weighted by molar-refractivity contribution is -0.117. The van der Waals surface area contributed by atoms with Crippen molar-refractivity contribution in [3.63, 3.8) is 0 Å². The van der Waals surface area contributed by atoms with Gasteiger partial charge in [-0.25, -0.2) is 0 Å². The van der Waals surface area contributed by atoms with E-state index in [9.17, 15) is 9.59 Å². The molecule has 6 heteroatoms. The predicted octanol–water partition coefficient (Wildman–Crippen LogP) is 5.21. The van der Waals surface area contributed by atoms with E-state index in [4.69, 9.17) is 9.15 Å². The van der Waals surface area contributed by atoms with Crippen LogP contribution in [0.25, 0.3) is 0 Å². The largest absolute Gasteiger partial charge is 0.496 e. The van der Waals surface area contributed by atoms with Crippen LogP contribution < -0.4 is 15.0 Å². The molecule has 0 saturated heterocycles. The Morgan fingerprint density at radius 1 is 1.06 bits per heavy atom. The first kappa shape index (κ1) is 20.1. The maximum Gasteiger partial charge on any atom is 0.224 e. The molecule has 1 N–H and O–H groups in total. The van der Waals surface area contributed by atoms with Crippen LogP contribution in [0.5, 0.6) is 5.75 Å². The number of benzene rings is 2. The van der Waals surface area contributed by atoms with Crippen molar-refractivity contribution in [2.24, 2.45) is 0 Å². The predicted molar refractivity (Wildman–Crippen MR) is 122 cm³/mol. The summed E-state index contributed by atoms with van der Waals surface area (Å²) >= 11 is 0. The molecule has 162 valence electrons. The number of ketones is 1. The monoisotopic (exact) mass is 428 g/mol. The first-order chi connectivity index (χ1) is 15.6. The third-order valence-electron chi connectivity index (χ3n) is 6.21. The van der Waals surface area contributed by atoms with Crippen LogP contribution in [0.1, 0.15) is 43.0 Å². The molecule has 0 unspecified atom stereocenters. The second-order valence-corrected chi connectivity index (χ2v) is 8.11. The molecule has 0 saturated carbocycles. The number of fused-ring (bicyclic) bond motifs is 1. The molecule has 0 spiro atoms. The molecule has 2 atom stereocenters. The second-order valence-electron chi connectivity index (χ2n) is 8.11. The SMILES string of the molecule is COc1ccccc1[C@H]1C2=C(C[C@H](c3ccco3)CC2=O)Nc2ccccc2N1C(C)=O. The number of rotatable bonds is 3. The number of amides is 1. The molecule has 0 fully saturated rings. The Morgan fingerprint density at radius 3 is 2.59 bits per heavy atom. The molecule has 1 aromatic heterocycles. The molecule has 0 radical (unpaired) electrons. The van der Waals surface area contributed by atoms with Crippen LogP contribution in [0.15, 0.2) is 82.6 Å². The number of para-hydroxylation sites is 3. The van der Waals surface area contributed by atoms with Crippen molar-refractivity contribution in [2.45, 2.75) is 31.7 Å². The zero-order valence-corrected chi connectivity index (χ0v) is 18.0. The number of hydrogen-bond donors (Lipinski definition) is 1. The number of allylic oxidation sites excluding steroid dienone is 1. The number of methoxy groups -OCH3 is 1. The van der Waals surface area contributed by atoms with Crippen LogP contribution in [-0.2, 0) is 9.59 Å². The zero-order valence-electron chi connectivity index (χ0n) is 18.0. The van der Waals surface area contributed by atoms with Crippen molar-refractivity contribution in [1.82, 2.24) is 0 Å². The number of anilines is 2. The lowest BCUT2D eigenvalue weighted by Crippen LogP contribution is -2.37. The Morgan fingerprint density at radius 2 is 1.84 bits per heavy atom. The van der Waals surface area contributed by atoms with Gasteiger partial charge in [0.05, 0.1) is 30.8 Å². The highest BCUT2D eigenvalue weighted by Gasteiger charge is 2.42. The lowest BCUT2D eigenvalue weighted by Gasteiger charge is -2.34. The molecular weight excluding hydrogens is 404 g/mol. The van der Waals surface area contributed by atoms with Gasteiger partial charge in [-0.05, 0) is 36.8 Å². The quantitative estimate of drug-likeness (QED) is 0.620. The van der Waals surface area contributed by atoms with Crippen LogP contribution in [0.2, 0.25) is 0 Å². The molecule has 2 aromatic carbocycles. The summed E-state index contributed by atoms with van der Waals surface area (Å²) in [6.07, 6.45) is 2.57. The molecule has 2 aliphatic rings. The number of carbonyl (C=O) groups excluding carboxylic acids is 2. The van der Waals surface area contributed by atoms with E-state index < -0.39 is 6.04 Å². The van der Waals surface area contributed by atoms with Crippen molar-refractivity contribution in [2.75, 3.05) is 17.3 Å². The van der Waals surface area contributed by atoms with Crippen molar-refractivity contribution in [1.29, 1.82) is 0 Å². The molecule has 1 aliphatic heterocycles. The molecule has 32 heavy (non-hydrogen) atoms. The number of furan rings is 1. The van der Waals surface area contributed by atoms with E-state index in [1.165, 1.54) is 6.92 Å². The minimum atomic E-state index is -0.597. The van der Waals surface area contributed by atoms with E-state index in [0.717, 1.165) is 28.4 Å². The Kier molecular flexibility index (Phi) is 5.05. The fraction of sp³-hybridized carbons (Fsp3) is 0.231. The highest BCUT2D eigenvalue weighted by Crippen LogP contribution is 2.48. The van der Waals surface area contributed by atoms with Gasteiger partial charge in [-0.1, -0.05) is 30.3 Å². The van der Waals surface area contributed by atoms with E-state index in [2.05, 4.69) is 5.32 Å². The van der Waals surface area contributed by atoms with Gasteiger partial charge in [0.2, 0.25) is 5.91 Å². The van der Waals surface area contributed by atoms with Gasteiger partial charge in [-0.3, -0.25) is 14.5 Å². The summed E-state index contributed by atoms with van der Waals surface area (Å²) in [5.74, 6) is 1.22. The molecule has 3 aromatic rings. The molecule has 0 bridgehead atoms. The first-order valence-electron chi connectivity index (χ1n) is 10.7.